The maximum absolute atomic E-state index is 4.27. The second-order valence-corrected chi connectivity index (χ2v) is 4.52. The Balaban J connectivity index is 2.69. The van der Waals surface area contributed by atoms with Crippen LogP contribution in [0.4, 0.5) is 0 Å². The summed E-state index contributed by atoms with van der Waals surface area (Å²) in [5, 5.41) is 8.52. The number of hydrogen-bond acceptors (Lipinski definition) is 2. The van der Waals surface area contributed by atoms with Crippen molar-refractivity contribution in [1.29, 1.82) is 0 Å². The van der Waals surface area contributed by atoms with E-state index < -0.39 is 0 Å². The summed E-state index contributed by atoms with van der Waals surface area (Å²) in [4.78, 5) is 0. The van der Waals surface area contributed by atoms with Gasteiger partial charge in [0.25, 0.3) is 0 Å². The first-order valence-electron chi connectivity index (χ1n) is 5.44. The highest BCUT2D eigenvalue weighted by molar-refractivity contribution is 5.49. The molecule has 0 aliphatic heterocycles. The first-order valence-corrected chi connectivity index (χ1v) is 5.44. The van der Waals surface area contributed by atoms with Crippen LogP contribution in [-0.4, -0.2) is 14.6 Å². The molecule has 3 heteroatoms. The van der Waals surface area contributed by atoms with Crippen molar-refractivity contribution in [3.05, 3.63) is 29.7 Å². The van der Waals surface area contributed by atoms with Gasteiger partial charge >= 0.3 is 0 Å². The van der Waals surface area contributed by atoms with Crippen LogP contribution >= 0.6 is 0 Å². The van der Waals surface area contributed by atoms with Crippen molar-refractivity contribution in [2.75, 3.05) is 0 Å². The van der Waals surface area contributed by atoms with Crippen LogP contribution in [0.5, 0.6) is 0 Å². The Bertz CT molecular complexity index is 469. The second-order valence-electron chi connectivity index (χ2n) is 4.52. The molecule has 0 spiro atoms. The van der Waals surface area contributed by atoms with Crippen LogP contribution in [0.2, 0.25) is 0 Å². The molecule has 3 nitrogen and oxygen atoms in total. The lowest BCUT2D eigenvalue weighted by Gasteiger charge is -2.07. The molecule has 0 saturated carbocycles. The summed E-state index contributed by atoms with van der Waals surface area (Å²) >= 11 is 0. The lowest BCUT2D eigenvalue weighted by Crippen LogP contribution is -1.98. The average Bonchev–Trinajstić information content (AvgIpc) is 2.59. The van der Waals surface area contributed by atoms with Crippen LogP contribution in [0, 0.1) is 0 Å². The van der Waals surface area contributed by atoms with Gasteiger partial charge in [-0.3, -0.25) is 4.40 Å². The van der Waals surface area contributed by atoms with Gasteiger partial charge < -0.3 is 0 Å². The van der Waals surface area contributed by atoms with Gasteiger partial charge in [0.05, 0.1) is 0 Å². The van der Waals surface area contributed by atoms with Crippen molar-refractivity contribution in [3.8, 4) is 0 Å². The smallest absolute Gasteiger partial charge is 0.164 e. The molecule has 2 heterocycles. The van der Waals surface area contributed by atoms with Gasteiger partial charge in [-0.1, -0.05) is 33.8 Å². The Kier molecular flexibility index (Phi) is 2.47. The number of fused-ring (bicyclic) bond motifs is 1. The molecule has 0 aliphatic carbocycles. The standard InChI is InChI=1S/C12H17N3/c1-8(2)10-6-5-7-15-11(9(3)4)13-14-12(10)15/h5-9H,1-4H3. The number of hydrogen-bond donors (Lipinski definition) is 0. The SMILES string of the molecule is CC(C)c1cccn2c(C(C)C)nnc12. The highest BCUT2D eigenvalue weighted by Crippen LogP contribution is 2.21. The van der Waals surface area contributed by atoms with Gasteiger partial charge in [-0.15, -0.1) is 10.2 Å². The Morgan fingerprint density at radius 2 is 1.80 bits per heavy atom. The quantitative estimate of drug-likeness (QED) is 0.751. The molecule has 0 aliphatic rings. The van der Waals surface area contributed by atoms with E-state index in [2.05, 4.69) is 54.4 Å². The van der Waals surface area contributed by atoms with E-state index in [0.29, 0.717) is 11.8 Å². The zero-order valence-corrected chi connectivity index (χ0v) is 9.73. The van der Waals surface area contributed by atoms with Gasteiger partial charge in [0.1, 0.15) is 5.82 Å². The van der Waals surface area contributed by atoms with Crippen LogP contribution in [0.1, 0.15) is 50.9 Å². The summed E-state index contributed by atoms with van der Waals surface area (Å²) in [5.74, 6) is 1.92. The molecule has 0 saturated heterocycles. The monoisotopic (exact) mass is 203 g/mol. The fourth-order valence-corrected chi connectivity index (χ4v) is 1.80. The minimum Gasteiger partial charge on any atom is -0.286 e. The van der Waals surface area contributed by atoms with Gasteiger partial charge in [-0.05, 0) is 17.5 Å². The fraction of sp³-hybridized carbons (Fsp3) is 0.500. The van der Waals surface area contributed by atoms with E-state index in [1.54, 1.807) is 0 Å². The minimum absolute atomic E-state index is 0.405. The second kappa shape index (κ2) is 3.65. The molecule has 0 fully saturated rings. The lowest BCUT2D eigenvalue weighted by atomic mass is 10.1. The largest absolute Gasteiger partial charge is 0.286 e. The van der Waals surface area contributed by atoms with Crippen LogP contribution in [0.15, 0.2) is 18.3 Å². The van der Waals surface area contributed by atoms with E-state index in [1.807, 2.05) is 6.20 Å². The molecule has 0 aromatic carbocycles. The third-order valence-corrected chi connectivity index (χ3v) is 2.63. The lowest BCUT2D eigenvalue weighted by molar-refractivity contribution is 0.758. The molecule has 0 N–H and O–H groups in total. The normalized spacial score (nSPS) is 11.9. The zero-order valence-electron chi connectivity index (χ0n) is 9.73. The van der Waals surface area contributed by atoms with Gasteiger partial charge in [-0.25, -0.2) is 0 Å². The Labute approximate surface area is 90.1 Å². The van der Waals surface area contributed by atoms with E-state index in [0.717, 1.165) is 11.5 Å². The van der Waals surface area contributed by atoms with Crippen LogP contribution in [-0.2, 0) is 0 Å². The van der Waals surface area contributed by atoms with Gasteiger partial charge in [0.2, 0.25) is 0 Å². The molecule has 0 radical (unpaired) electrons. The first kappa shape index (κ1) is 10.1. The Morgan fingerprint density at radius 3 is 2.40 bits per heavy atom. The maximum Gasteiger partial charge on any atom is 0.164 e. The topological polar surface area (TPSA) is 30.2 Å². The van der Waals surface area contributed by atoms with Gasteiger partial charge in [-0.2, -0.15) is 0 Å². The molecular weight excluding hydrogens is 186 g/mol. The van der Waals surface area contributed by atoms with Crippen LogP contribution < -0.4 is 0 Å². The minimum atomic E-state index is 0.405. The number of nitrogens with zero attached hydrogens (tertiary/aromatic N) is 3. The highest BCUT2D eigenvalue weighted by Gasteiger charge is 2.12. The summed E-state index contributed by atoms with van der Waals surface area (Å²) in [5.41, 5.74) is 2.26. The summed E-state index contributed by atoms with van der Waals surface area (Å²) in [7, 11) is 0. The van der Waals surface area contributed by atoms with Crippen molar-refractivity contribution in [1.82, 2.24) is 14.6 Å². The fourth-order valence-electron chi connectivity index (χ4n) is 1.80. The summed E-state index contributed by atoms with van der Waals surface area (Å²) < 4.78 is 2.10. The first-order chi connectivity index (χ1) is 7.11. The van der Waals surface area contributed by atoms with E-state index in [1.165, 1.54) is 5.56 Å². The van der Waals surface area contributed by atoms with Crippen molar-refractivity contribution in [3.63, 3.8) is 0 Å². The van der Waals surface area contributed by atoms with Crippen molar-refractivity contribution in [2.45, 2.75) is 39.5 Å². The molecule has 15 heavy (non-hydrogen) atoms. The van der Waals surface area contributed by atoms with Gasteiger partial charge in [0, 0.05) is 12.1 Å². The van der Waals surface area contributed by atoms with Gasteiger partial charge in [0.15, 0.2) is 5.65 Å². The Morgan fingerprint density at radius 1 is 1.07 bits per heavy atom. The maximum atomic E-state index is 4.27. The molecule has 0 unspecified atom stereocenters. The molecule has 2 aromatic heterocycles. The molecular formula is C12H17N3. The predicted molar refractivity (Wildman–Crippen MR) is 61.2 cm³/mol. The summed E-state index contributed by atoms with van der Waals surface area (Å²) in [6.07, 6.45) is 2.04. The third kappa shape index (κ3) is 1.62. The predicted octanol–water partition coefficient (Wildman–Crippen LogP) is 2.98. The molecule has 0 bridgehead atoms. The molecule has 2 aromatic rings. The molecule has 0 atom stereocenters. The molecule has 80 valence electrons. The van der Waals surface area contributed by atoms with Crippen LogP contribution in [0.25, 0.3) is 5.65 Å². The van der Waals surface area contributed by atoms with E-state index >= 15 is 0 Å². The van der Waals surface area contributed by atoms with Crippen molar-refractivity contribution < 1.29 is 0 Å². The highest BCUT2D eigenvalue weighted by atomic mass is 15.2. The average molecular weight is 203 g/mol. The zero-order chi connectivity index (χ0) is 11.0. The Hall–Kier alpha value is -1.38. The summed E-state index contributed by atoms with van der Waals surface area (Å²) in [6, 6.07) is 4.19. The van der Waals surface area contributed by atoms with Crippen LogP contribution in [0.3, 0.4) is 0 Å². The van der Waals surface area contributed by atoms with E-state index in [-0.39, 0.29) is 0 Å². The molecule has 2 rings (SSSR count). The third-order valence-electron chi connectivity index (χ3n) is 2.63. The van der Waals surface area contributed by atoms with E-state index in [9.17, 15) is 0 Å². The van der Waals surface area contributed by atoms with E-state index in [4.69, 9.17) is 0 Å². The number of pyridine rings is 1. The number of aromatic nitrogens is 3. The number of rotatable bonds is 2. The molecule has 0 amide bonds. The summed E-state index contributed by atoms with van der Waals surface area (Å²) in [6.45, 7) is 8.63. The van der Waals surface area contributed by atoms with Crippen molar-refractivity contribution >= 4 is 5.65 Å². The van der Waals surface area contributed by atoms with Crippen molar-refractivity contribution in [2.24, 2.45) is 0 Å².